The molecule has 310 valence electrons. The van der Waals surface area contributed by atoms with Crippen LogP contribution in [0.5, 0.6) is 0 Å². The third kappa shape index (κ3) is 13.5. The monoisotopic (exact) mass is 818 g/mol. The smallest absolute Gasteiger partial charge is 0.333 e. The molecular formula is C46H63O9PSi. The molecule has 57 heavy (non-hydrogen) atoms. The number of hydrogen-bond acceptors (Lipinski definition) is 9. The molecule has 5 rings (SSSR count). The molecule has 1 heterocycles. The summed E-state index contributed by atoms with van der Waals surface area (Å²) in [6, 6.07) is 40.2. The second-order valence-electron chi connectivity index (χ2n) is 16.0. The molecule has 0 N–H and O–H groups in total. The van der Waals surface area contributed by atoms with Crippen LogP contribution in [0.4, 0.5) is 0 Å². The van der Waals surface area contributed by atoms with Crippen LogP contribution < -0.4 is 0 Å². The summed E-state index contributed by atoms with van der Waals surface area (Å²) in [6.07, 6.45) is -4.51. The highest BCUT2D eigenvalue weighted by Gasteiger charge is 2.54. The van der Waals surface area contributed by atoms with Gasteiger partial charge >= 0.3 is 7.60 Å². The average Bonchev–Trinajstić information content (AvgIpc) is 3.30. The van der Waals surface area contributed by atoms with Crippen LogP contribution >= 0.6 is 7.60 Å². The van der Waals surface area contributed by atoms with Crippen LogP contribution in [0.2, 0.25) is 18.1 Å². The summed E-state index contributed by atoms with van der Waals surface area (Å²) in [4.78, 5) is 0. The molecule has 6 atom stereocenters. The highest BCUT2D eigenvalue weighted by Crippen LogP contribution is 2.51. The summed E-state index contributed by atoms with van der Waals surface area (Å²) >= 11 is 0. The fourth-order valence-electron chi connectivity index (χ4n) is 6.62. The molecule has 1 aliphatic heterocycles. The number of hydrogen-bond donors (Lipinski definition) is 0. The maximum atomic E-state index is 14.6. The number of ether oxygens (including phenoxy) is 5. The third-order valence-corrected chi connectivity index (χ3v) is 17.2. The lowest BCUT2D eigenvalue weighted by Crippen LogP contribution is -2.56. The van der Waals surface area contributed by atoms with Crippen LogP contribution in [-0.2, 0) is 68.2 Å². The molecule has 0 amide bonds. The lowest BCUT2D eigenvalue weighted by atomic mass is 9.98. The first-order valence-electron chi connectivity index (χ1n) is 20.2. The van der Waals surface area contributed by atoms with E-state index in [1.165, 1.54) is 0 Å². The fraction of sp³-hybridized carbons (Fsp3) is 0.478. The van der Waals surface area contributed by atoms with Gasteiger partial charge in [-0.05, 0) is 54.2 Å². The van der Waals surface area contributed by atoms with E-state index in [1.54, 1.807) is 0 Å². The minimum absolute atomic E-state index is 0.0643. The van der Waals surface area contributed by atoms with Gasteiger partial charge in [-0.2, -0.15) is 0 Å². The van der Waals surface area contributed by atoms with E-state index in [9.17, 15) is 4.57 Å². The predicted molar refractivity (Wildman–Crippen MR) is 228 cm³/mol. The lowest BCUT2D eigenvalue weighted by Gasteiger charge is -2.44. The molecule has 1 saturated heterocycles. The second-order valence-corrected chi connectivity index (χ2v) is 22.8. The minimum atomic E-state index is -3.69. The van der Waals surface area contributed by atoms with Gasteiger partial charge < -0.3 is 37.2 Å². The molecule has 1 aliphatic rings. The second kappa shape index (κ2) is 21.8. The van der Waals surface area contributed by atoms with Gasteiger partial charge in [-0.1, -0.05) is 142 Å². The van der Waals surface area contributed by atoms with Crippen molar-refractivity contribution in [1.29, 1.82) is 0 Å². The fourth-order valence-corrected chi connectivity index (χ4v) is 9.75. The molecule has 1 fully saturated rings. The lowest BCUT2D eigenvalue weighted by molar-refractivity contribution is -0.183. The Hall–Kier alpha value is -2.99. The zero-order valence-electron chi connectivity index (χ0n) is 34.8. The molecule has 4 aromatic rings. The summed E-state index contributed by atoms with van der Waals surface area (Å²) < 4.78 is 68.7. The Kier molecular flexibility index (Phi) is 17.3. The molecule has 4 aromatic carbocycles. The van der Waals surface area contributed by atoms with E-state index in [0.29, 0.717) is 6.61 Å². The standard InChI is InChI=1S/C46H63O9PSi/c1-8-52-56(47,53-9-2)35-41-43(55-57(6,7)46(3,4)5)45(51-33-39-28-20-13-21-29-39)44(50-32-38-26-18-12-19-27-38)42(49-31-37-24-16-11-17-25-37)40(54-41)34-48-30-36-22-14-10-15-23-36/h10-29,40-45H,8-9,30-35H2,1-7H3/t40-,41+,42-,43-,44+,45+/m1/s1. The van der Waals surface area contributed by atoms with Crippen LogP contribution in [0.15, 0.2) is 121 Å². The molecule has 0 radical (unpaired) electrons. The van der Waals surface area contributed by atoms with E-state index in [4.69, 9.17) is 37.2 Å². The van der Waals surface area contributed by atoms with Crippen molar-refractivity contribution in [3.05, 3.63) is 144 Å². The average molecular weight is 819 g/mol. The molecule has 0 aromatic heterocycles. The van der Waals surface area contributed by atoms with E-state index in [-0.39, 0.29) is 50.8 Å². The summed E-state index contributed by atoms with van der Waals surface area (Å²) in [7, 11) is -6.27. The zero-order chi connectivity index (χ0) is 40.7. The summed E-state index contributed by atoms with van der Waals surface area (Å²) in [5.41, 5.74) is 4.02. The van der Waals surface area contributed by atoms with Crippen LogP contribution in [0.25, 0.3) is 0 Å². The molecule has 0 aliphatic carbocycles. The molecule has 9 nitrogen and oxygen atoms in total. The van der Waals surface area contributed by atoms with Gasteiger partial charge in [0.25, 0.3) is 0 Å². The quantitative estimate of drug-likeness (QED) is 0.0602. The van der Waals surface area contributed by atoms with Crippen LogP contribution in [0, 0.1) is 0 Å². The van der Waals surface area contributed by atoms with Gasteiger partial charge in [-0.15, -0.1) is 0 Å². The van der Waals surface area contributed by atoms with Gasteiger partial charge in [0.15, 0.2) is 8.32 Å². The van der Waals surface area contributed by atoms with Crippen molar-refractivity contribution < 1.29 is 41.7 Å². The van der Waals surface area contributed by atoms with Crippen molar-refractivity contribution in [3.63, 3.8) is 0 Å². The first-order valence-corrected chi connectivity index (χ1v) is 24.8. The normalized spacial score (nSPS) is 21.9. The molecule has 0 unspecified atom stereocenters. The van der Waals surface area contributed by atoms with Gasteiger partial charge in [0.05, 0.1) is 58.5 Å². The van der Waals surface area contributed by atoms with Crippen molar-refractivity contribution in [2.45, 2.75) is 116 Å². The third-order valence-electron chi connectivity index (χ3n) is 10.6. The molecular weight excluding hydrogens is 756 g/mol. The Morgan fingerprint density at radius 2 is 0.947 bits per heavy atom. The zero-order valence-corrected chi connectivity index (χ0v) is 36.7. The van der Waals surface area contributed by atoms with Crippen LogP contribution in [0.3, 0.4) is 0 Å². The Labute approximate surface area is 342 Å². The topological polar surface area (TPSA) is 90.9 Å². The van der Waals surface area contributed by atoms with Crippen molar-refractivity contribution >= 4 is 15.9 Å². The maximum absolute atomic E-state index is 14.6. The maximum Gasteiger partial charge on any atom is 0.333 e. The number of rotatable bonds is 21. The Balaban J connectivity index is 1.66. The largest absolute Gasteiger partial charge is 0.408 e. The first-order chi connectivity index (χ1) is 27.4. The van der Waals surface area contributed by atoms with E-state index >= 15 is 0 Å². The molecule has 11 heteroatoms. The molecule has 0 spiro atoms. The summed E-state index contributed by atoms with van der Waals surface area (Å²) in [5.74, 6) is 0. The van der Waals surface area contributed by atoms with E-state index in [1.807, 2.05) is 135 Å². The Bertz CT molecular complexity index is 1750. The number of benzene rings is 4. The van der Waals surface area contributed by atoms with Gasteiger partial charge in [0.2, 0.25) is 0 Å². The Morgan fingerprint density at radius 3 is 1.35 bits per heavy atom. The summed E-state index contributed by atoms with van der Waals surface area (Å²) in [6.45, 7) is 16.4. The van der Waals surface area contributed by atoms with Gasteiger partial charge in [0.1, 0.15) is 30.5 Å². The van der Waals surface area contributed by atoms with Gasteiger partial charge in [-0.3, -0.25) is 4.57 Å². The molecule has 0 bridgehead atoms. The highest BCUT2D eigenvalue weighted by atomic mass is 31.2. The highest BCUT2D eigenvalue weighted by molar-refractivity contribution is 7.53. The van der Waals surface area contributed by atoms with E-state index in [0.717, 1.165) is 22.3 Å². The van der Waals surface area contributed by atoms with E-state index in [2.05, 4.69) is 33.9 Å². The Morgan fingerprint density at radius 1 is 0.561 bits per heavy atom. The van der Waals surface area contributed by atoms with Gasteiger partial charge in [-0.25, -0.2) is 0 Å². The SMILES string of the molecule is CCOP(=O)(C[C@@H]1O[C@H](COCc2ccccc2)[C@@H](OCc2ccccc2)[C@H](OCc2ccccc2)[C@@H](OCc2ccccc2)[C@@H]1O[Si](C)(C)C(C)(C)C)OCC. The molecule has 0 saturated carbocycles. The van der Waals surface area contributed by atoms with Crippen molar-refractivity contribution in [3.8, 4) is 0 Å². The van der Waals surface area contributed by atoms with E-state index < -0.39 is 52.5 Å². The summed E-state index contributed by atoms with van der Waals surface area (Å²) in [5, 5.41) is -0.181. The van der Waals surface area contributed by atoms with Crippen molar-refractivity contribution in [1.82, 2.24) is 0 Å². The van der Waals surface area contributed by atoms with Crippen LogP contribution in [0.1, 0.15) is 56.9 Å². The van der Waals surface area contributed by atoms with Crippen LogP contribution in [-0.4, -0.2) is 70.9 Å². The van der Waals surface area contributed by atoms with Crippen molar-refractivity contribution in [2.24, 2.45) is 0 Å². The predicted octanol–water partition coefficient (Wildman–Crippen LogP) is 10.4. The minimum Gasteiger partial charge on any atom is -0.408 e. The van der Waals surface area contributed by atoms with Crippen molar-refractivity contribution in [2.75, 3.05) is 26.0 Å². The first kappa shape index (κ1) is 45.1. The van der Waals surface area contributed by atoms with Gasteiger partial charge in [0, 0.05) is 0 Å².